The van der Waals surface area contributed by atoms with E-state index in [1.54, 1.807) is 6.92 Å². The van der Waals surface area contributed by atoms with Gasteiger partial charge in [-0.15, -0.1) is 0 Å². The molecule has 0 saturated carbocycles. The molecule has 0 aliphatic carbocycles. The Kier molecular flexibility index (Phi) is 5.07. The van der Waals surface area contributed by atoms with Crippen LogP contribution in [0.25, 0.3) is 11.3 Å². The molecule has 0 fully saturated rings. The van der Waals surface area contributed by atoms with Crippen LogP contribution in [0.2, 0.25) is 0 Å². The standard InChI is InChI=1S/C16H20N2O2/c1-3-20-11-10-18-9-8-16(17-18)15-6-4-14(5-7-15)12-13(2)19/h4-9H,3,10-12H2,1-2H3. The highest BCUT2D eigenvalue weighted by Crippen LogP contribution is 2.17. The minimum Gasteiger partial charge on any atom is -0.380 e. The summed E-state index contributed by atoms with van der Waals surface area (Å²) in [6, 6.07) is 9.97. The number of ketones is 1. The molecule has 0 atom stereocenters. The van der Waals surface area contributed by atoms with Gasteiger partial charge in [0.25, 0.3) is 0 Å². The Morgan fingerprint density at radius 3 is 2.65 bits per heavy atom. The number of ether oxygens (including phenoxy) is 1. The fourth-order valence-corrected chi connectivity index (χ4v) is 2.02. The van der Waals surface area contributed by atoms with Crippen LogP contribution in [0.4, 0.5) is 0 Å². The lowest BCUT2D eigenvalue weighted by Gasteiger charge is -2.02. The van der Waals surface area contributed by atoms with Gasteiger partial charge in [0.1, 0.15) is 5.78 Å². The average Bonchev–Trinajstić information content (AvgIpc) is 2.88. The predicted molar refractivity (Wildman–Crippen MR) is 78.5 cm³/mol. The van der Waals surface area contributed by atoms with Gasteiger partial charge in [0.05, 0.1) is 18.8 Å². The van der Waals surface area contributed by atoms with Gasteiger partial charge >= 0.3 is 0 Å². The Morgan fingerprint density at radius 2 is 2.00 bits per heavy atom. The van der Waals surface area contributed by atoms with Crippen LogP contribution >= 0.6 is 0 Å². The zero-order valence-electron chi connectivity index (χ0n) is 12.0. The molecular weight excluding hydrogens is 252 g/mol. The molecule has 0 amide bonds. The first-order valence-corrected chi connectivity index (χ1v) is 6.89. The van der Waals surface area contributed by atoms with E-state index in [0.717, 1.165) is 30.0 Å². The van der Waals surface area contributed by atoms with Crippen LogP contribution in [-0.2, 0) is 22.5 Å². The van der Waals surface area contributed by atoms with Crippen molar-refractivity contribution in [1.29, 1.82) is 0 Å². The molecule has 1 heterocycles. The molecular formula is C16H20N2O2. The van der Waals surface area contributed by atoms with Crippen molar-refractivity contribution < 1.29 is 9.53 Å². The molecule has 4 heteroatoms. The fraction of sp³-hybridized carbons (Fsp3) is 0.375. The second-order valence-electron chi connectivity index (χ2n) is 4.74. The Balaban J connectivity index is 2.02. The van der Waals surface area contributed by atoms with E-state index in [9.17, 15) is 4.79 Å². The van der Waals surface area contributed by atoms with E-state index in [1.165, 1.54) is 0 Å². The molecule has 20 heavy (non-hydrogen) atoms. The highest BCUT2D eigenvalue weighted by atomic mass is 16.5. The van der Waals surface area contributed by atoms with Crippen LogP contribution in [0.15, 0.2) is 36.5 Å². The smallest absolute Gasteiger partial charge is 0.134 e. The van der Waals surface area contributed by atoms with E-state index in [4.69, 9.17) is 4.74 Å². The highest BCUT2D eigenvalue weighted by molar-refractivity contribution is 5.78. The number of aromatic nitrogens is 2. The van der Waals surface area contributed by atoms with Crippen LogP contribution in [-0.4, -0.2) is 28.8 Å². The van der Waals surface area contributed by atoms with Gasteiger partial charge in [0, 0.05) is 24.8 Å². The summed E-state index contributed by atoms with van der Waals surface area (Å²) in [5.41, 5.74) is 3.04. The van der Waals surface area contributed by atoms with E-state index < -0.39 is 0 Å². The molecule has 106 valence electrons. The van der Waals surface area contributed by atoms with Crippen LogP contribution < -0.4 is 0 Å². The minimum atomic E-state index is 0.179. The van der Waals surface area contributed by atoms with E-state index >= 15 is 0 Å². The van der Waals surface area contributed by atoms with E-state index in [-0.39, 0.29) is 5.78 Å². The SMILES string of the molecule is CCOCCn1ccc(-c2ccc(CC(C)=O)cc2)n1. The molecule has 0 bridgehead atoms. The molecule has 0 unspecified atom stereocenters. The maximum atomic E-state index is 11.1. The third-order valence-electron chi connectivity index (χ3n) is 3.01. The second-order valence-corrected chi connectivity index (χ2v) is 4.74. The first-order chi connectivity index (χ1) is 9.69. The van der Waals surface area contributed by atoms with Crippen molar-refractivity contribution in [2.45, 2.75) is 26.8 Å². The molecule has 0 saturated heterocycles. The molecule has 0 aliphatic heterocycles. The van der Waals surface area contributed by atoms with Crippen LogP contribution in [0.1, 0.15) is 19.4 Å². The summed E-state index contributed by atoms with van der Waals surface area (Å²) in [5.74, 6) is 0.179. The summed E-state index contributed by atoms with van der Waals surface area (Å²) >= 11 is 0. The molecule has 2 aromatic rings. The molecule has 0 radical (unpaired) electrons. The molecule has 1 aromatic carbocycles. The van der Waals surface area contributed by atoms with Gasteiger partial charge in [-0.2, -0.15) is 5.10 Å². The first kappa shape index (κ1) is 14.5. The second kappa shape index (κ2) is 7.01. The molecule has 0 spiro atoms. The third kappa shape index (κ3) is 4.03. The summed E-state index contributed by atoms with van der Waals surface area (Å²) < 4.78 is 7.20. The zero-order valence-corrected chi connectivity index (χ0v) is 12.0. The lowest BCUT2D eigenvalue weighted by atomic mass is 10.1. The number of rotatable bonds is 7. The maximum absolute atomic E-state index is 11.1. The van der Waals surface area contributed by atoms with Crippen molar-refractivity contribution in [3.63, 3.8) is 0 Å². The normalized spacial score (nSPS) is 10.7. The highest BCUT2D eigenvalue weighted by Gasteiger charge is 2.03. The van der Waals surface area contributed by atoms with Gasteiger partial charge in [-0.25, -0.2) is 0 Å². The topological polar surface area (TPSA) is 44.1 Å². The number of Topliss-reactive ketones (excluding diaryl/α,β-unsaturated/α-hetero) is 1. The summed E-state index contributed by atoms with van der Waals surface area (Å²) in [7, 11) is 0. The predicted octanol–water partition coefficient (Wildman–Crippen LogP) is 2.72. The maximum Gasteiger partial charge on any atom is 0.134 e. The molecule has 0 N–H and O–H groups in total. The summed E-state index contributed by atoms with van der Waals surface area (Å²) in [4.78, 5) is 11.1. The van der Waals surface area contributed by atoms with Crippen LogP contribution in [0.3, 0.4) is 0 Å². The molecule has 0 aliphatic rings. The van der Waals surface area contributed by atoms with Crippen molar-refractivity contribution >= 4 is 5.78 Å². The van der Waals surface area contributed by atoms with Crippen molar-refractivity contribution in [1.82, 2.24) is 9.78 Å². The van der Waals surface area contributed by atoms with Crippen molar-refractivity contribution in [3.05, 3.63) is 42.1 Å². The Bertz CT molecular complexity index is 558. The van der Waals surface area contributed by atoms with E-state index in [1.807, 2.05) is 48.1 Å². The van der Waals surface area contributed by atoms with Gasteiger partial charge in [0.2, 0.25) is 0 Å². The molecule has 1 aromatic heterocycles. The van der Waals surface area contributed by atoms with Crippen molar-refractivity contribution in [2.24, 2.45) is 0 Å². The lowest BCUT2D eigenvalue weighted by Crippen LogP contribution is -2.06. The van der Waals surface area contributed by atoms with Gasteiger partial charge in [0.15, 0.2) is 0 Å². The number of hydrogen-bond donors (Lipinski definition) is 0. The quantitative estimate of drug-likeness (QED) is 0.728. The lowest BCUT2D eigenvalue weighted by molar-refractivity contribution is -0.116. The monoisotopic (exact) mass is 272 g/mol. The fourth-order valence-electron chi connectivity index (χ4n) is 2.02. The summed E-state index contributed by atoms with van der Waals surface area (Å²) in [5, 5.41) is 4.51. The Morgan fingerprint density at radius 1 is 1.25 bits per heavy atom. The molecule has 2 rings (SSSR count). The van der Waals surface area contributed by atoms with Crippen molar-refractivity contribution in [3.8, 4) is 11.3 Å². The Labute approximate surface area is 119 Å². The zero-order chi connectivity index (χ0) is 14.4. The number of carbonyl (C=O) groups is 1. The number of carbonyl (C=O) groups excluding carboxylic acids is 1. The van der Waals surface area contributed by atoms with Gasteiger partial charge in [-0.3, -0.25) is 9.48 Å². The van der Waals surface area contributed by atoms with E-state index in [0.29, 0.717) is 13.0 Å². The summed E-state index contributed by atoms with van der Waals surface area (Å²) in [6.45, 7) is 5.75. The largest absolute Gasteiger partial charge is 0.380 e. The van der Waals surface area contributed by atoms with Gasteiger partial charge in [-0.1, -0.05) is 24.3 Å². The number of hydrogen-bond acceptors (Lipinski definition) is 3. The number of benzene rings is 1. The number of nitrogens with zero attached hydrogens (tertiary/aromatic N) is 2. The Hall–Kier alpha value is -1.94. The molecule has 4 nitrogen and oxygen atoms in total. The van der Waals surface area contributed by atoms with Gasteiger partial charge in [-0.05, 0) is 25.5 Å². The average molecular weight is 272 g/mol. The van der Waals surface area contributed by atoms with Crippen LogP contribution in [0.5, 0.6) is 0 Å². The summed E-state index contributed by atoms with van der Waals surface area (Å²) in [6.07, 6.45) is 2.45. The first-order valence-electron chi connectivity index (χ1n) is 6.89. The van der Waals surface area contributed by atoms with Gasteiger partial charge < -0.3 is 4.74 Å². The van der Waals surface area contributed by atoms with Crippen molar-refractivity contribution in [2.75, 3.05) is 13.2 Å². The minimum absolute atomic E-state index is 0.179. The third-order valence-corrected chi connectivity index (χ3v) is 3.01. The van der Waals surface area contributed by atoms with Crippen LogP contribution in [0, 0.1) is 0 Å². The van der Waals surface area contributed by atoms with E-state index in [2.05, 4.69) is 5.10 Å².